The van der Waals surface area contributed by atoms with Crippen LogP contribution in [0.2, 0.25) is 5.02 Å². The van der Waals surface area contributed by atoms with Gasteiger partial charge in [-0.3, -0.25) is 0 Å². The number of hydrogen-bond donors (Lipinski definition) is 0. The third kappa shape index (κ3) is 2.24. The maximum absolute atomic E-state index is 6.00. The Morgan fingerprint density at radius 2 is 2.11 bits per heavy atom. The summed E-state index contributed by atoms with van der Waals surface area (Å²) in [6.45, 7) is 4.92. The normalized spacial score (nSPS) is 11.6. The minimum absolute atomic E-state index is 0.314. The number of aromatic nitrogens is 4. The summed E-state index contributed by atoms with van der Waals surface area (Å²) in [5.74, 6) is 0.961. The molecule has 4 nitrogen and oxygen atoms in total. The van der Waals surface area contributed by atoms with Crippen molar-refractivity contribution in [3.8, 4) is 0 Å². The van der Waals surface area contributed by atoms with E-state index in [1.54, 1.807) is 6.33 Å². The Morgan fingerprint density at radius 1 is 1.26 bits per heavy atom. The number of benzene rings is 1. The van der Waals surface area contributed by atoms with Crippen molar-refractivity contribution in [2.24, 2.45) is 0 Å². The van der Waals surface area contributed by atoms with Gasteiger partial charge in [0.05, 0.1) is 6.54 Å². The van der Waals surface area contributed by atoms with Crippen LogP contribution in [0.3, 0.4) is 0 Å². The summed E-state index contributed by atoms with van der Waals surface area (Å²) in [5.41, 5.74) is 1.16. The Balaban J connectivity index is 1.99. The average Bonchev–Trinajstić information content (AvgIpc) is 2.97. The van der Waals surface area contributed by atoms with Crippen LogP contribution in [-0.2, 0) is 6.54 Å². The van der Waals surface area contributed by atoms with Crippen molar-refractivity contribution in [2.45, 2.75) is 26.4 Å². The molecule has 1 aromatic carbocycles. The summed E-state index contributed by atoms with van der Waals surface area (Å²) in [6, 6.07) is 8.30. The summed E-state index contributed by atoms with van der Waals surface area (Å²) < 4.78 is 4.11. The van der Waals surface area contributed by atoms with E-state index in [1.165, 1.54) is 0 Å². The highest BCUT2D eigenvalue weighted by atomic mass is 35.5. The van der Waals surface area contributed by atoms with Crippen LogP contribution in [0.25, 0.3) is 10.9 Å². The van der Waals surface area contributed by atoms with E-state index in [9.17, 15) is 0 Å². The summed E-state index contributed by atoms with van der Waals surface area (Å²) >= 11 is 6.00. The lowest BCUT2D eigenvalue weighted by molar-refractivity contribution is 0.498. The molecule has 19 heavy (non-hydrogen) atoms. The third-order valence-electron chi connectivity index (χ3n) is 3.18. The first-order chi connectivity index (χ1) is 9.15. The average molecular weight is 275 g/mol. The number of fused-ring (bicyclic) bond motifs is 1. The zero-order valence-electron chi connectivity index (χ0n) is 10.9. The Morgan fingerprint density at radius 3 is 2.89 bits per heavy atom. The van der Waals surface area contributed by atoms with Crippen LogP contribution in [0.15, 0.2) is 36.8 Å². The quantitative estimate of drug-likeness (QED) is 0.733. The van der Waals surface area contributed by atoms with Gasteiger partial charge in [0.25, 0.3) is 0 Å². The van der Waals surface area contributed by atoms with E-state index in [0.29, 0.717) is 12.6 Å². The molecule has 0 saturated carbocycles. The molecule has 3 rings (SSSR count). The summed E-state index contributed by atoms with van der Waals surface area (Å²) in [7, 11) is 0. The van der Waals surface area contributed by atoms with Gasteiger partial charge in [0, 0.05) is 28.2 Å². The highest BCUT2D eigenvalue weighted by Gasteiger charge is 2.09. The zero-order valence-corrected chi connectivity index (χ0v) is 11.7. The van der Waals surface area contributed by atoms with Gasteiger partial charge in [-0.25, -0.2) is 9.67 Å². The maximum atomic E-state index is 6.00. The van der Waals surface area contributed by atoms with Gasteiger partial charge in [0.15, 0.2) is 0 Å². The molecule has 0 fully saturated rings. The molecule has 0 bridgehead atoms. The smallest absolute Gasteiger partial charge is 0.147 e. The Hall–Kier alpha value is -1.81. The van der Waals surface area contributed by atoms with E-state index in [0.717, 1.165) is 21.7 Å². The molecule has 0 radical (unpaired) electrons. The molecule has 0 amide bonds. The summed E-state index contributed by atoms with van der Waals surface area (Å²) in [5, 5.41) is 6.16. The molecule has 98 valence electrons. The zero-order chi connectivity index (χ0) is 13.4. The van der Waals surface area contributed by atoms with Crippen molar-refractivity contribution in [3.63, 3.8) is 0 Å². The fourth-order valence-corrected chi connectivity index (χ4v) is 2.46. The van der Waals surface area contributed by atoms with Crippen LogP contribution in [0.5, 0.6) is 0 Å². The number of rotatable bonds is 3. The molecule has 5 heteroatoms. The van der Waals surface area contributed by atoms with Gasteiger partial charge in [-0.2, -0.15) is 5.10 Å². The van der Waals surface area contributed by atoms with Crippen molar-refractivity contribution in [1.29, 1.82) is 0 Å². The standard InChI is InChI=1S/C14H15ClN4/c1-10(2)19-14(16-9-17-19)8-18-6-5-11-7-12(15)3-4-13(11)18/h3-7,9-10H,8H2,1-2H3. The molecule has 0 saturated heterocycles. The number of hydrogen-bond acceptors (Lipinski definition) is 2. The SMILES string of the molecule is CC(C)n1ncnc1Cn1ccc2cc(Cl)ccc21. The molecular formula is C14H15ClN4. The molecule has 2 heterocycles. The highest BCUT2D eigenvalue weighted by Crippen LogP contribution is 2.21. The fourth-order valence-electron chi connectivity index (χ4n) is 2.28. The first-order valence-electron chi connectivity index (χ1n) is 6.28. The Kier molecular flexibility index (Phi) is 3.03. The molecule has 0 aliphatic heterocycles. The molecule has 0 spiro atoms. The predicted octanol–water partition coefficient (Wildman–Crippen LogP) is 3.52. The first-order valence-corrected chi connectivity index (χ1v) is 6.66. The molecule has 0 N–H and O–H groups in total. The number of halogens is 1. The van der Waals surface area contributed by atoms with Crippen molar-refractivity contribution >= 4 is 22.5 Å². The minimum atomic E-state index is 0.314. The second-order valence-corrected chi connectivity index (χ2v) is 5.30. The molecule has 3 aromatic rings. The summed E-state index contributed by atoms with van der Waals surface area (Å²) in [6.07, 6.45) is 3.66. The van der Waals surface area contributed by atoms with Gasteiger partial charge in [-0.05, 0) is 38.1 Å². The van der Waals surface area contributed by atoms with Crippen molar-refractivity contribution < 1.29 is 0 Å². The second-order valence-electron chi connectivity index (χ2n) is 4.86. The van der Waals surface area contributed by atoms with Gasteiger partial charge in [0.2, 0.25) is 0 Å². The van der Waals surface area contributed by atoms with Crippen LogP contribution in [0, 0.1) is 0 Å². The highest BCUT2D eigenvalue weighted by molar-refractivity contribution is 6.31. The topological polar surface area (TPSA) is 35.6 Å². The van der Waals surface area contributed by atoms with Crippen molar-refractivity contribution in [3.05, 3.63) is 47.6 Å². The van der Waals surface area contributed by atoms with Gasteiger partial charge in [-0.1, -0.05) is 11.6 Å². The van der Waals surface area contributed by atoms with Gasteiger partial charge in [-0.15, -0.1) is 0 Å². The van der Waals surface area contributed by atoms with E-state index in [1.807, 2.05) is 22.9 Å². The lowest BCUT2D eigenvalue weighted by Crippen LogP contribution is -2.11. The van der Waals surface area contributed by atoms with Crippen LogP contribution in [0.4, 0.5) is 0 Å². The van der Waals surface area contributed by atoms with E-state index in [-0.39, 0.29) is 0 Å². The van der Waals surface area contributed by atoms with Gasteiger partial charge < -0.3 is 4.57 Å². The lowest BCUT2D eigenvalue weighted by Gasteiger charge is -2.10. The molecule has 0 unspecified atom stereocenters. The van der Waals surface area contributed by atoms with Crippen molar-refractivity contribution in [2.75, 3.05) is 0 Å². The van der Waals surface area contributed by atoms with Gasteiger partial charge in [0.1, 0.15) is 12.2 Å². The van der Waals surface area contributed by atoms with Crippen LogP contribution in [-0.4, -0.2) is 19.3 Å². The Bertz CT molecular complexity index is 711. The minimum Gasteiger partial charge on any atom is -0.340 e. The fraction of sp³-hybridized carbons (Fsp3) is 0.286. The monoisotopic (exact) mass is 274 g/mol. The Labute approximate surface area is 116 Å². The van der Waals surface area contributed by atoms with Crippen LogP contribution in [0.1, 0.15) is 25.7 Å². The number of nitrogens with zero attached hydrogens (tertiary/aromatic N) is 4. The van der Waals surface area contributed by atoms with Crippen molar-refractivity contribution in [1.82, 2.24) is 19.3 Å². The molecular weight excluding hydrogens is 260 g/mol. The first kappa shape index (κ1) is 12.2. The molecule has 0 aliphatic rings. The largest absolute Gasteiger partial charge is 0.340 e. The predicted molar refractivity (Wildman–Crippen MR) is 76.5 cm³/mol. The molecule has 2 aromatic heterocycles. The maximum Gasteiger partial charge on any atom is 0.147 e. The van der Waals surface area contributed by atoms with E-state index in [4.69, 9.17) is 11.6 Å². The van der Waals surface area contributed by atoms with E-state index < -0.39 is 0 Å². The van der Waals surface area contributed by atoms with Crippen LogP contribution >= 0.6 is 11.6 Å². The summed E-state index contributed by atoms with van der Waals surface area (Å²) in [4.78, 5) is 4.34. The van der Waals surface area contributed by atoms with Gasteiger partial charge >= 0.3 is 0 Å². The molecule has 0 atom stereocenters. The third-order valence-corrected chi connectivity index (χ3v) is 3.42. The lowest BCUT2D eigenvalue weighted by atomic mass is 10.2. The van der Waals surface area contributed by atoms with Crippen LogP contribution < -0.4 is 0 Å². The molecule has 0 aliphatic carbocycles. The van der Waals surface area contributed by atoms with E-state index in [2.05, 4.69) is 40.8 Å². The van der Waals surface area contributed by atoms with E-state index >= 15 is 0 Å². The second kappa shape index (κ2) is 4.70.